The summed E-state index contributed by atoms with van der Waals surface area (Å²) in [7, 11) is 2.03. The van der Waals surface area contributed by atoms with Gasteiger partial charge < -0.3 is 14.2 Å². The molecule has 0 amide bonds. The molecule has 1 saturated heterocycles. The molecule has 4 rings (SSSR count). The van der Waals surface area contributed by atoms with Crippen LogP contribution in [0.5, 0.6) is 0 Å². The van der Waals surface area contributed by atoms with Crippen LogP contribution in [0.2, 0.25) is 0 Å². The van der Waals surface area contributed by atoms with Crippen LogP contribution in [0.15, 0.2) is 27.8 Å². The van der Waals surface area contributed by atoms with Gasteiger partial charge in [-0.05, 0) is 18.2 Å². The van der Waals surface area contributed by atoms with Crippen molar-refractivity contribution >= 4 is 49.8 Å². The fourth-order valence-electron chi connectivity index (χ4n) is 3.07. The highest BCUT2D eigenvalue weighted by molar-refractivity contribution is 9.10. The SMILES string of the molecule is Cn1c2ccc(Br)cc2c2nnc(SCC[NH+]3CCOCC3)nc21. The summed E-state index contributed by atoms with van der Waals surface area (Å²) < 4.78 is 8.52. The number of hydrogen-bond donors (Lipinski definition) is 1. The van der Waals surface area contributed by atoms with Gasteiger partial charge in [0.2, 0.25) is 5.16 Å². The molecule has 0 aliphatic carbocycles. The van der Waals surface area contributed by atoms with Crippen molar-refractivity contribution in [2.24, 2.45) is 7.05 Å². The van der Waals surface area contributed by atoms with Crippen LogP contribution in [0, 0.1) is 0 Å². The Labute approximate surface area is 152 Å². The fraction of sp³-hybridized carbons (Fsp3) is 0.438. The number of hydrogen-bond acceptors (Lipinski definition) is 5. The van der Waals surface area contributed by atoms with Crippen molar-refractivity contribution in [3.8, 4) is 0 Å². The highest BCUT2D eigenvalue weighted by atomic mass is 79.9. The van der Waals surface area contributed by atoms with E-state index in [4.69, 9.17) is 9.72 Å². The quantitative estimate of drug-likeness (QED) is 0.659. The lowest BCUT2D eigenvalue weighted by Gasteiger charge is -2.23. The van der Waals surface area contributed by atoms with Gasteiger partial charge in [0.1, 0.15) is 18.6 Å². The number of aromatic nitrogens is 4. The molecule has 126 valence electrons. The molecule has 1 fully saturated rings. The molecule has 1 N–H and O–H groups in total. The van der Waals surface area contributed by atoms with Crippen LogP contribution in [0.1, 0.15) is 0 Å². The van der Waals surface area contributed by atoms with Gasteiger partial charge in [-0.25, -0.2) is 4.98 Å². The third-order valence-electron chi connectivity index (χ3n) is 4.43. The summed E-state index contributed by atoms with van der Waals surface area (Å²) in [5.74, 6) is 0.998. The predicted octanol–water partition coefficient (Wildman–Crippen LogP) is 1.29. The summed E-state index contributed by atoms with van der Waals surface area (Å²) >= 11 is 5.20. The van der Waals surface area contributed by atoms with Gasteiger partial charge in [0.15, 0.2) is 5.65 Å². The summed E-state index contributed by atoms with van der Waals surface area (Å²) in [5.41, 5.74) is 2.87. The normalized spacial score (nSPS) is 16.2. The van der Waals surface area contributed by atoms with Crippen LogP contribution < -0.4 is 4.90 Å². The van der Waals surface area contributed by atoms with Gasteiger partial charge in [-0.2, -0.15) is 0 Å². The van der Waals surface area contributed by atoms with Crippen LogP contribution in [0.4, 0.5) is 0 Å². The van der Waals surface area contributed by atoms with Crippen LogP contribution >= 0.6 is 27.7 Å². The lowest BCUT2D eigenvalue weighted by molar-refractivity contribution is -0.905. The molecule has 6 nitrogen and oxygen atoms in total. The van der Waals surface area contributed by atoms with E-state index in [-0.39, 0.29) is 0 Å². The number of ether oxygens (including phenoxy) is 1. The van der Waals surface area contributed by atoms with Crippen molar-refractivity contribution < 1.29 is 9.64 Å². The molecule has 1 aliphatic heterocycles. The molecular formula is C16H19BrN5OS+. The minimum atomic E-state index is 0.750. The second kappa shape index (κ2) is 6.95. The number of halogens is 1. The molecule has 3 heterocycles. The Morgan fingerprint density at radius 2 is 2.12 bits per heavy atom. The fourth-order valence-corrected chi connectivity index (χ4v) is 4.26. The molecule has 0 spiro atoms. The first-order valence-corrected chi connectivity index (χ1v) is 9.83. The van der Waals surface area contributed by atoms with E-state index < -0.39 is 0 Å². The van der Waals surface area contributed by atoms with Crippen molar-refractivity contribution in [2.75, 3.05) is 38.6 Å². The molecule has 3 aromatic rings. The molecule has 2 aromatic heterocycles. The Kier molecular flexibility index (Phi) is 4.71. The average Bonchev–Trinajstić information content (AvgIpc) is 2.88. The third kappa shape index (κ3) is 3.15. The van der Waals surface area contributed by atoms with Crippen LogP contribution in [0.25, 0.3) is 22.1 Å². The number of fused-ring (bicyclic) bond motifs is 3. The van der Waals surface area contributed by atoms with Crippen LogP contribution in [-0.2, 0) is 11.8 Å². The zero-order valence-electron chi connectivity index (χ0n) is 13.5. The molecule has 0 atom stereocenters. The number of quaternary nitrogens is 1. The molecule has 1 aromatic carbocycles. The Balaban J connectivity index is 1.54. The van der Waals surface area contributed by atoms with Crippen molar-refractivity contribution in [3.63, 3.8) is 0 Å². The lowest BCUT2D eigenvalue weighted by Crippen LogP contribution is -3.14. The molecule has 24 heavy (non-hydrogen) atoms. The summed E-state index contributed by atoms with van der Waals surface area (Å²) in [4.78, 5) is 6.32. The Morgan fingerprint density at radius 3 is 2.96 bits per heavy atom. The van der Waals surface area contributed by atoms with E-state index in [1.54, 1.807) is 16.7 Å². The van der Waals surface area contributed by atoms with E-state index >= 15 is 0 Å². The summed E-state index contributed by atoms with van der Waals surface area (Å²) in [5, 5.41) is 10.6. The van der Waals surface area contributed by atoms with Gasteiger partial charge in [0, 0.05) is 16.9 Å². The smallest absolute Gasteiger partial charge is 0.211 e. The predicted molar refractivity (Wildman–Crippen MR) is 98.6 cm³/mol. The maximum absolute atomic E-state index is 5.39. The topological polar surface area (TPSA) is 57.3 Å². The van der Waals surface area contributed by atoms with E-state index in [0.29, 0.717) is 0 Å². The minimum absolute atomic E-state index is 0.750. The summed E-state index contributed by atoms with van der Waals surface area (Å²) in [6.07, 6.45) is 0. The van der Waals surface area contributed by atoms with Crippen LogP contribution in [-0.4, -0.2) is 58.3 Å². The summed E-state index contributed by atoms with van der Waals surface area (Å²) in [6.45, 7) is 5.04. The molecule has 0 saturated carbocycles. The van der Waals surface area contributed by atoms with Crippen molar-refractivity contribution in [3.05, 3.63) is 22.7 Å². The lowest BCUT2D eigenvalue weighted by atomic mass is 10.2. The molecule has 8 heteroatoms. The molecule has 0 radical (unpaired) electrons. The largest absolute Gasteiger partial charge is 0.370 e. The van der Waals surface area contributed by atoms with Crippen LogP contribution in [0.3, 0.4) is 0 Å². The molecule has 0 unspecified atom stereocenters. The first-order chi connectivity index (χ1) is 11.7. The van der Waals surface area contributed by atoms with Gasteiger partial charge in [-0.3, -0.25) is 0 Å². The Bertz CT molecular complexity index is 878. The van der Waals surface area contributed by atoms with E-state index in [1.165, 1.54) is 0 Å². The van der Waals surface area contributed by atoms with Gasteiger partial charge in [0.25, 0.3) is 0 Å². The summed E-state index contributed by atoms with van der Waals surface area (Å²) in [6, 6.07) is 6.19. The number of morpholine rings is 1. The van der Waals surface area contributed by atoms with Crippen molar-refractivity contribution in [1.29, 1.82) is 0 Å². The zero-order chi connectivity index (χ0) is 16.5. The average molecular weight is 409 g/mol. The number of benzene rings is 1. The van der Waals surface area contributed by atoms with E-state index in [1.807, 2.05) is 13.1 Å². The highest BCUT2D eigenvalue weighted by Gasteiger charge is 2.15. The van der Waals surface area contributed by atoms with Crippen molar-refractivity contribution in [2.45, 2.75) is 5.16 Å². The standard InChI is InChI=1S/C16H18BrN5OS/c1-21-13-3-2-11(17)10-12(13)14-15(21)18-16(20-19-14)24-9-6-22-4-7-23-8-5-22/h2-3,10H,4-9H2,1H3/p+1. The monoisotopic (exact) mass is 408 g/mol. The molecule has 1 aliphatic rings. The first kappa shape index (κ1) is 16.3. The number of nitrogens with one attached hydrogen (secondary N) is 1. The second-order valence-corrected chi connectivity index (χ2v) is 7.93. The van der Waals surface area contributed by atoms with E-state index in [9.17, 15) is 0 Å². The molecular weight excluding hydrogens is 390 g/mol. The van der Waals surface area contributed by atoms with Gasteiger partial charge in [-0.1, -0.05) is 27.7 Å². The van der Waals surface area contributed by atoms with Gasteiger partial charge in [-0.15, -0.1) is 10.2 Å². The third-order valence-corrected chi connectivity index (χ3v) is 5.76. The molecule has 0 bridgehead atoms. The highest BCUT2D eigenvalue weighted by Crippen LogP contribution is 2.28. The Morgan fingerprint density at radius 1 is 1.29 bits per heavy atom. The van der Waals surface area contributed by atoms with E-state index in [2.05, 4.69) is 42.8 Å². The Hall–Kier alpha value is -1.22. The second-order valence-electron chi connectivity index (χ2n) is 5.95. The van der Waals surface area contributed by atoms with Crippen molar-refractivity contribution in [1.82, 2.24) is 19.7 Å². The number of nitrogens with zero attached hydrogens (tertiary/aromatic N) is 4. The zero-order valence-corrected chi connectivity index (χ0v) is 15.9. The van der Waals surface area contributed by atoms with Gasteiger partial charge in [0.05, 0.1) is 31.0 Å². The first-order valence-electron chi connectivity index (χ1n) is 8.05. The minimum Gasteiger partial charge on any atom is -0.370 e. The maximum atomic E-state index is 5.39. The number of thioether (sulfide) groups is 1. The van der Waals surface area contributed by atoms with E-state index in [0.717, 1.165) is 70.3 Å². The van der Waals surface area contributed by atoms with Gasteiger partial charge >= 0.3 is 0 Å². The maximum Gasteiger partial charge on any atom is 0.211 e. The number of rotatable bonds is 4. The number of aryl methyl sites for hydroxylation is 1.